The summed E-state index contributed by atoms with van der Waals surface area (Å²) in [6.45, 7) is 1.99. The number of rotatable bonds is 1. The van der Waals surface area contributed by atoms with Crippen molar-refractivity contribution in [3.8, 4) is 0 Å². The lowest BCUT2D eigenvalue weighted by Crippen LogP contribution is -2.38. The minimum absolute atomic E-state index is 0.0198. The molecule has 4 aliphatic rings. The number of fused-ring (bicyclic) bond motifs is 1. The molecule has 1 saturated carbocycles. The molecule has 5 rings (SSSR count). The molecule has 0 aromatic heterocycles. The Labute approximate surface area is 132 Å². The number of carbonyl (C=O) groups excluding carboxylic acids is 2. The maximum atomic E-state index is 12.8. The molecule has 1 aromatic carbocycles. The van der Waals surface area contributed by atoms with Gasteiger partial charge in [0.15, 0.2) is 0 Å². The average Bonchev–Trinajstić information content (AvgIpc) is 2.75. The van der Waals surface area contributed by atoms with Gasteiger partial charge in [0.2, 0.25) is 11.8 Å². The number of imide groups is 1. The third kappa shape index (κ3) is 1.78. The van der Waals surface area contributed by atoms with Crippen LogP contribution in [-0.4, -0.2) is 11.8 Å². The monoisotopic (exact) mass is 345 g/mol. The van der Waals surface area contributed by atoms with Gasteiger partial charge >= 0.3 is 0 Å². The fourth-order valence-corrected chi connectivity index (χ4v) is 4.78. The molecule has 3 aliphatic carbocycles. The van der Waals surface area contributed by atoms with Crippen molar-refractivity contribution < 1.29 is 9.59 Å². The van der Waals surface area contributed by atoms with Gasteiger partial charge in [-0.15, -0.1) is 0 Å². The largest absolute Gasteiger partial charge is 0.274 e. The molecule has 4 atom stereocenters. The number of hydrogen-bond donors (Lipinski definition) is 0. The third-order valence-electron chi connectivity index (χ3n) is 5.10. The van der Waals surface area contributed by atoms with Crippen LogP contribution in [0.5, 0.6) is 0 Å². The van der Waals surface area contributed by atoms with Crippen LogP contribution in [0.1, 0.15) is 18.4 Å². The SMILES string of the molecule is Cc1ccc(N2C(=O)[C@@H]3[C@@H](C2=O)[C@H]2C=C[C@@H]3CC2)c(Br)c1. The fraction of sp³-hybridized carbons (Fsp3) is 0.412. The number of allylic oxidation sites excluding steroid dienone is 2. The Morgan fingerprint density at radius 3 is 2.10 bits per heavy atom. The smallest absolute Gasteiger partial charge is 0.238 e. The van der Waals surface area contributed by atoms with Gasteiger partial charge in [-0.1, -0.05) is 18.2 Å². The molecule has 108 valence electrons. The Morgan fingerprint density at radius 2 is 1.62 bits per heavy atom. The van der Waals surface area contributed by atoms with Gasteiger partial charge in [-0.25, -0.2) is 4.90 Å². The van der Waals surface area contributed by atoms with Crippen molar-refractivity contribution >= 4 is 33.4 Å². The van der Waals surface area contributed by atoms with E-state index < -0.39 is 0 Å². The van der Waals surface area contributed by atoms with E-state index in [-0.39, 0.29) is 35.5 Å². The first-order valence-corrected chi connectivity index (χ1v) is 8.19. The van der Waals surface area contributed by atoms with Crippen molar-refractivity contribution in [3.63, 3.8) is 0 Å². The normalized spacial score (nSPS) is 33.7. The van der Waals surface area contributed by atoms with Crippen LogP contribution in [0.25, 0.3) is 0 Å². The molecule has 2 amide bonds. The fourth-order valence-electron chi connectivity index (χ4n) is 4.10. The number of anilines is 1. The van der Waals surface area contributed by atoms with Gasteiger partial charge in [-0.05, 0) is 65.2 Å². The summed E-state index contributed by atoms with van der Waals surface area (Å²) in [5.74, 6) is 0.155. The van der Waals surface area contributed by atoms with Crippen molar-refractivity contribution in [2.24, 2.45) is 23.7 Å². The minimum atomic E-state index is -0.144. The van der Waals surface area contributed by atoms with Gasteiger partial charge in [-0.3, -0.25) is 9.59 Å². The predicted molar refractivity (Wildman–Crippen MR) is 83.7 cm³/mol. The van der Waals surface area contributed by atoms with Crippen molar-refractivity contribution in [2.75, 3.05) is 4.90 Å². The topological polar surface area (TPSA) is 37.4 Å². The van der Waals surface area contributed by atoms with E-state index in [0.717, 1.165) is 22.9 Å². The second-order valence-corrected chi connectivity index (χ2v) is 7.16. The highest BCUT2D eigenvalue weighted by atomic mass is 79.9. The van der Waals surface area contributed by atoms with Crippen LogP contribution in [-0.2, 0) is 9.59 Å². The Bertz CT molecular complexity index is 649. The molecule has 4 heteroatoms. The predicted octanol–water partition coefficient (Wildman–Crippen LogP) is 3.46. The number of benzene rings is 1. The Hall–Kier alpha value is -1.42. The zero-order valence-electron chi connectivity index (χ0n) is 11.8. The van der Waals surface area contributed by atoms with Gasteiger partial charge in [-0.2, -0.15) is 0 Å². The zero-order valence-corrected chi connectivity index (χ0v) is 13.3. The molecule has 0 N–H and O–H groups in total. The van der Waals surface area contributed by atoms with Gasteiger partial charge in [0.05, 0.1) is 17.5 Å². The number of hydrogen-bond acceptors (Lipinski definition) is 2. The minimum Gasteiger partial charge on any atom is -0.274 e. The molecule has 3 nitrogen and oxygen atoms in total. The summed E-state index contributed by atoms with van der Waals surface area (Å²) >= 11 is 3.50. The Morgan fingerprint density at radius 1 is 1.05 bits per heavy atom. The summed E-state index contributed by atoms with van der Waals surface area (Å²) in [5, 5.41) is 0. The van der Waals surface area contributed by atoms with Crippen LogP contribution in [0.3, 0.4) is 0 Å². The molecular formula is C17H16BrNO2. The molecular weight excluding hydrogens is 330 g/mol. The highest BCUT2D eigenvalue weighted by molar-refractivity contribution is 9.10. The summed E-state index contributed by atoms with van der Waals surface area (Å²) < 4.78 is 0.808. The number of amides is 2. The van der Waals surface area contributed by atoms with E-state index in [1.807, 2.05) is 25.1 Å². The lowest BCUT2D eigenvalue weighted by Gasteiger charge is -2.38. The quantitative estimate of drug-likeness (QED) is 0.577. The first-order chi connectivity index (χ1) is 10.1. The van der Waals surface area contributed by atoms with E-state index in [4.69, 9.17) is 0 Å². The molecule has 1 saturated heterocycles. The summed E-state index contributed by atoms with van der Waals surface area (Å²) in [6.07, 6.45) is 6.36. The van der Waals surface area contributed by atoms with Crippen LogP contribution in [0, 0.1) is 30.6 Å². The van der Waals surface area contributed by atoms with Crippen LogP contribution in [0.2, 0.25) is 0 Å². The highest BCUT2D eigenvalue weighted by Crippen LogP contribution is 2.51. The Kier molecular flexibility index (Phi) is 2.86. The summed E-state index contributed by atoms with van der Waals surface area (Å²) in [6, 6.07) is 5.75. The molecule has 2 bridgehead atoms. The van der Waals surface area contributed by atoms with Crippen molar-refractivity contribution in [2.45, 2.75) is 19.8 Å². The summed E-state index contributed by atoms with van der Waals surface area (Å²) in [4.78, 5) is 27.1. The molecule has 1 aromatic rings. The lowest BCUT2D eigenvalue weighted by molar-refractivity contribution is -0.124. The maximum absolute atomic E-state index is 12.8. The summed E-state index contributed by atoms with van der Waals surface area (Å²) in [7, 11) is 0. The molecule has 1 aliphatic heterocycles. The van der Waals surface area contributed by atoms with E-state index in [0.29, 0.717) is 5.69 Å². The van der Waals surface area contributed by atoms with E-state index in [9.17, 15) is 9.59 Å². The molecule has 0 spiro atoms. The van der Waals surface area contributed by atoms with E-state index in [2.05, 4.69) is 28.1 Å². The zero-order chi connectivity index (χ0) is 14.7. The van der Waals surface area contributed by atoms with Crippen LogP contribution < -0.4 is 4.90 Å². The number of carbonyl (C=O) groups is 2. The van der Waals surface area contributed by atoms with Crippen molar-refractivity contribution in [1.29, 1.82) is 0 Å². The average molecular weight is 346 g/mol. The van der Waals surface area contributed by atoms with Gasteiger partial charge in [0.1, 0.15) is 0 Å². The van der Waals surface area contributed by atoms with Crippen molar-refractivity contribution in [3.05, 3.63) is 40.4 Å². The third-order valence-corrected chi connectivity index (χ3v) is 5.74. The molecule has 2 fully saturated rings. The molecule has 0 unspecified atom stereocenters. The second kappa shape index (κ2) is 4.54. The van der Waals surface area contributed by atoms with Crippen LogP contribution in [0.15, 0.2) is 34.8 Å². The first-order valence-electron chi connectivity index (χ1n) is 7.40. The Balaban J connectivity index is 1.78. The van der Waals surface area contributed by atoms with Gasteiger partial charge in [0.25, 0.3) is 0 Å². The number of aryl methyl sites for hydroxylation is 1. The van der Waals surface area contributed by atoms with E-state index in [1.54, 1.807) is 0 Å². The standard InChI is InChI=1S/C17H16BrNO2/c1-9-2-7-13(12(18)8-9)19-16(20)14-10-3-4-11(6-5-10)15(14)17(19)21/h2-4,7-8,10-11,14-15H,5-6H2,1H3/t10-,11+,14-,15-/m0/s1. The van der Waals surface area contributed by atoms with Crippen molar-refractivity contribution in [1.82, 2.24) is 0 Å². The van der Waals surface area contributed by atoms with E-state index in [1.165, 1.54) is 4.90 Å². The first kappa shape index (κ1) is 13.3. The van der Waals surface area contributed by atoms with Gasteiger partial charge in [0, 0.05) is 4.47 Å². The summed E-state index contributed by atoms with van der Waals surface area (Å²) in [5.41, 5.74) is 1.79. The lowest BCUT2D eigenvalue weighted by atomic mass is 9.63. The molecule has 21 heavy (non-hydrogen) atoms. The maximum Gasteiger partial charge on any atom is 0.238 e. The van der Waals surface area contributed by atoms with Gasteiger partial charge < -0.3 is 0 Å². The molecule has 1 heterocycles. The van der Waals surface area contributed by atoms with E-state index >= 15 is 0 Å². The second-order valence-electron chi connectivity index (χ2n) is 6.31. The van der Waals surface area contributed by atoms with Crippen LogP contribution >= 0.6 is 15.9 Å². The number of nitrogens with zero attached hydrogens (tertiary/aromatic N) is 1. The van der Waals surface area contributed by atoms with Crippen LogP contribution in [0.4, 0.5) is 5.69 Å². The molecule has 0 radical (unpaired) electrons. The highest BCUT2D eigenvalue weighted by Gasteiger charge is 2.57. The number of halogens is 1.